The van der Waals surface area contributed by atoms with Crippen LogP contribution < -0.4 is 0 Å². The standard InChI is InChI=1S/C19H15NO2/c21-18-7-3-4-12-10-13(8-9-14(12)18)19(22)16-11-20-17-6-2-1-5-15(16)17/h1-11,19-22H. The van der Waals surface area contributed by atoms with Crippen molar-refractivity contribution in [2.45, 2.75) is 6.10 Å². The first-order valence-corrected chi connectivity index (χ1v) is 7.20. The molecule has 1 heterocycles. The lowest BCUT2D eigenvalue weighted by atomic mass is 9.98. The minimum atomic E-state index is -0.706. The van der Waals surface area contributed by atoms with Crippen LogP contribution in [0.4, 0.5) is 0 Å². The van der Waals surface area contributed by atoms with E-state index in [1.807, 2.05) is 54.7 Å². The van der Waals surface area contributed by atoms with Gasteiger partial charge in [-0.25, -0.2) is 0 Å². The van der Waals surface area contributed by atoms with Gasteiger partial charge in [-0.3, -0.25) is 0 Å². The molecular weight excluding hydrogens is 274 g/mol. The highest BCUT2D eigenvalue weighted by molar-refractivity contribution is 5.89. The lowest BCUT2D eigenvalue weighted by Crippen LogP contribution is -1.98. The van der Waals surface area contributed by atoms with Gasteiger partial charge in [-0.05, 0) is 29.1 Å². The monoisotopic (exact) mass is 289 g/mol. The number of aromatic hydroxyl groups is 1. The van der Waals surface area contributed by atoms with Crippen molar-refractivity contribution in [2.24, 2.45) is 0 Å². The molecule has 4 rings (SSSR count). The molecule has 0 bridgehead atoms. The summed E-state index contributed by atoms with van der Waals surface area (Å²) in [5, 5.41) is 23.3. The van der Waals surface area contributed by atoms with Crippen LogP contribution in [0.1, 0.15) is 17.2 Å². The lowest BCUT2D eigenvalue weighted by molar-refractivity contribution is 0.222. The van der Waals surface area contributed by atoms with Crippen molar-refractivity contribution < 1.29 is 10.2 Å². The first-order valence-electron chi connectivity index (χ1n) is 7.20. The summed E-state index contributed by atoms with van der Waals surface area (Å²) >= 11 is 0. The van der Waals surface area contributed by atoms with Crippen LogP contribution in [-0.2, 0) is 0 Å². The second-order valence-electron chi connectivity index (χ2n) is 5.45. The van der Waals surface area contributed by atoms with E-state index in [2.05, 4.69) is 4.98 Å². The van der Waals surface area contributed by atoms with Gasteiger partial charge in [0.15, 0.2) is 0 Å². The summed E-state index contributed by atoms with van der Waals surface area (Å²) in [5.74, 6) is 0.255. The van der Waals surface area contributed by atoms with E-state index < -0.39 is 6.10 Å². The molecule has 0 aliphatic rings. The summed E-state index contributed by atoms with van der Waals surface area (Å²) in [4.78, 5) is 3.19. The predicted octanol–water partition coefficient (Wildman–Crippen LogP) is 4.11. The zero-order chi connectivity index (χ0) is 15.1. The van der Waals surface area contributed by atoms with E-state index in [0.29, 0.717) is 0 Å². The minimum Gasteiger partial charge on any atom is -0.507 e. The third kappa shape index (κ3) is 1.95. The second-order valence-corrected chi connectivity index (χ2v) is 5.45. The van der Waals surface area contributed by atoms with E-state index in [4.69, 9.17) is 0 Å². The smallest absolute Gasteiger partial charge is 0.123 e. The number of nitrogens with one attached hydrogen (secondary N) is 1. The fourth-order valence-electron chi connectivity index (χ4n) is 2.95. The highest BCUT2D eigenvalue weighted by atomic mass is 16.3. The molecule has 0 radical (unpaired) electrons. The number of rotatable bonds is 2. The maximum Gasteiger partial charge on any atom is 0.123 e. The molecule has 1 aromatic heterocycles. The molecule has 4 aromatic rings. The van der Waals surface area contributed by atoms with E-state index in [1.54, 1.807) is 12.1 Å². The van der Waals surface area contributed by atoms with Crippen LogP contribution in [0.15, 0.2) is 66.9 Å². The molecular formula is C19H15NO2. The number of aromatic amines is 1. The number of phenols is 1. The average molecular weight is 289 g/mol. The summed E-state index contributed by atoms with van der Waals surface area (Å²) in [6.07, 6.45) is 1.14. The van der Waals surface area contributed by atoms with Crippen molar-refractivity contribution in [3.05, 3.63) is 78.0 Å². The molecule has 0 aliphatic heterocycles. The molecule has 108 valence electrons. The molecule has 3 nitrogen and oxygen atoms in total. The summed E-state index contributed by atoms with van der Waals surface area (Å²) in [7, 11) is 0. The third-order valence-corrected chi connectivity index (χ3v) is 4.11. The van der Waals surface area contributed by atoms with Crippen molar-refractivity contribution in [1.82, 2.24) is 4.98 Å². The number of benzene rings is 3. The molecule has 0 saturated carbocycles. The molecule has 0 amide bonds. The third-order valence-electron chi connectivity index (χ3n) is 4.11. The van der Waals surface area contributed by atoms with E-state index in [1.165, 1.54) is 0 Å². The second kappa shape index (κ2) is 4.90. The van der Waals surface area contributed by atoms with Crippen LogP contribution in [0, 0.1) is 0 Å². The van der Waals surface area contributed by atoms with Gasteiger partial charge in [0.25, 0.3) is 0 Å². The number of hydrogen-bond donors (Lipinski definition) is 3. The first kappa shape index (κ1) is 12.9. The largest absolute Gasteiger partial charge is 0.507 e. The Balaban J connectivity index is 1.84. The molecule has 0 aliphatic carbocycles. The van der Waals surface area contributed by atoms with Crippen LogP contribution in [0.5, 0.6) is 5.75 Å². The molecule has 0 fully saturated rings. The van der Waals surface area contributed by atoms with E-state index in [0.717, 1.165) is 32.8 Å². The summed E-state index contributed by atoms with van der Waals surface area (Å²) < 4.78 is 0. The highest BCUT2D eigenvalue weighted by Gasteiger charge is 2.15. The van der Waals surface area contributed by atoms with Gasteiger partial charge in [-0.2, -0.15) is 0 Å². The van der Waals surface area contributed by atoms with Crippen molar-refractivity contribution >= 4 is 21.7 Å². The number of fused-ring (bicyclic) bond motifs is 2. The molecule has 1 unspecified atom stereocenters. The van der Waals surface area contributed by atoms with Crippen LogP contribution >= 0.6 is 0 Å². The first-order chi connectivity index (χ1) is 10.7. The molecule has 3 N–H and O–H groups in total. The lowest BCUT2D eigenvalue weighted by Gasteiger charge is -2.12. The number of aliphatic hydroxyl groups is 1. The zero-order valence-corrected chi connectivity index (χ0v) is 11.8. The number of H-pyrrole nitrogens is 1. The Kier molecular flexibility index (Phi) is 2.88. The van der Waals surface area contributed by atoms with Gasteiger partial charge in [-0.15, -0.1) is 0 Å². The van der Waals surface area contributed by atoms with E-state index in [-0.39, 0.29) is 5.75 Å². The van der Waals surface area contributed by atoms with Crippen LogP contribution in [-0.4, -0.2) is 15.2 Å². The van der Waals surface area contributed by atoms with Gasteiger partial charge in [0.1, 0.15) is 11.9 Å². The number of aromatic nitrogens is 1. The van der Waals surface area contributed by atoms with Gasteiger partial charge < -0.3 is 15.2 Å². The Morgan fingerprint density at radius 3 is 2.64 bits per heavy atom. The summed E-state index contributed by atoms with van der Waals surface area (Å²) in [6, 6.07) is 18.9. The Bertz CT molecular complexity index is 971. The fraction of sp³-hybridized carbons (Fsp3) is 0.0526. The van der Waals surface area contributed by atoms with Crippen LogP contribution in [0.2, 0.25) is 0 Å². The Hall–Kier alpha value is -2.78. The van der Waals surface area contributed by atoms with Gasteiger partial charge in [0, 0.05) is 28.0 Å². The van der Waals surface area contributed by atoms with Gasteiger partial charge >= 0.3 is 0 Å². The fourth-order valence-corrected chi connectivity index (χ4v) is 2.95. The molecule has 0 saturated heterocycles. The highest BCUT2D eigenvalue weighted by Crippen LogP contribution is 2.32. The van der Waals surface area contributed by atoms with Crippen LogP contribution in [0.25, 0.3) is 21.7 Å². The van der Waals surface area contributed by atoms with Crippen molar-refractivity contribution in [2.75, 3.05) is 0 Å². The zero-order valence-electron chi connectivity index (χ0n) is 11.8. The number of phenolic OH excluding ortho intramolecular Hbond substituents is 1. The maximum absolute atomic E-state index is 10.7. The summed E-state index contributed by atoms with van der Waals surface area (Å²) in [5.41, 5.74) is 2.67. The normalized spacial score (nSPS) is 12.8. The van der Waals surface area contributed by atoms with E-state index >= 15 is 0 Å². The number of aliphatic hydroxyl groups excluding tert-OH is 1. The van der Waals surface area contributed by atoms with Gasteiger partial charge in [0.2, 0.25) is 0 Å². The Morgan fingerprint density at radius 1 is 0.864 bits per heavy atom. The van der Waals surface area contributed by atoms with Crippen molar-refractivity contribution in [3.8, 4) is 5.75 Å². The average Bonchev–Trinajstić information content (AvgIpc) is 2.98. The molecule has 3 heteroatoms. The van der Waals surface area contributed by atoms with E-state index in [9.17, 15) is 10.2 Å². The number of para-hydroxylation sites is 1. The maximum atomic E-state index is 10.7. The van der Waals surface area contributed by atoms with Crippen molar-refractivity contribution in [3.63, 3.8) is 0 Å². The van der Waals surface area contributed by atoms with Crippen molar-refractivity contribution in [1.29, 1.82) is 0 Å². The topological polar surface area (TPSA) is 56.2 Å². The SMILES string of the molecule is Oc1cccc2cc(C(O)c3c[nH]c4ccccc34)ccc12. The molecule has 3 aromatic carbocycles. The molecule has 22 heavy (non-hydrogen) atoms. The quantitative estimate of drug-likeness (QED) is 0.520. The Labute approximate surface area is 127 Å². The van der Waals surface area contributed by atoms with Crippen LogP contribution in [0.3, 0.4) is 0 Å². The van der Waals surface area contributed by atoms with Gasteiger partial charge in [0.05, 0.1) is 0 Å². The molecule has 1 atom stereocenters. The van der Waals surface area contributed by atoms with Gasteiger partial charge in [-0.1, -0.05) is 42.5 Å². The summed E-state index contributed by atoms with van der Waals surface area (Å²) in [6.45, 7) is 0. The number of hydrogen-bond acceptors (Lipinski definition) is 2. The Morgan fingerprint density at radius 2 is 1.73 bits per heavy atom. The minimum absolute atomic E-state index is 0.255. The predicted molar refractivity (Wildman–Crippen MR) is 88.0 cm³/mol. The molecule has 0 spiro atoms.